The molecule has 5 heteroatoms. The van der Waals surface area contributed by atoms with Crippen molar-refractivity contribution in [3.63, 3.8) is 0 Å². The third kappa shape index (κ3) is 14.2. The summed E-state index contributed by atoms with van der Waals surface area (Å²) < 4.78 is 0. The summed E-state index contributed by atoms with van der Waals surface area (Å²) in [5.41, 5.74) is 11.5. The van der Waals surface area contributed by atoms with Gasteiger partial charge in [-0.2, -0.15) is 11.1 Å². The summed E-state index contributed by atoms with van der Waals surface area (Å²) >= 11 is 1.75. The molecule has 2 nitrogen and oxygen atoms in total. The molecule has 0 bridgehead atoms. The topological polar surface area (TPSA) is 40.9 Å². The zero-order valence-electron chi connectivity index (χ0n) is 18.3. The van der Waals surface area contributed by atoms with E-state index in [2.05, 4.69) is 38.6 Å². The molecule has 162 valence electrons. The molecule has 0 spiro atoms. The van der Waals surface area contributed by atoms with Gasteiger partial charge in [-0.15, -0.1) is 6.92 Å². The van der Waals surface area contributed by atoms with Crippen LogP contribution >= 0.6 is 0 Å². The van der Waals surface area contributed by atoms with E-state index in [1.165, 1.54) is 61.7 Å². The Bertz CT molecular complexity index is 465. The van der Waals surface area contributed by atoms with Crippen molar-refractivity contribution in [1.82, 2.24) is 0 Å². The third-order valence-electron chi connectivity index (χ3n) is 5.71. The van der Waals surface area contributed by atoms with E-state index in [-0.39, 0.29) is 36.6 Å². The molecule has 2 rings (SSSR count). The Morgan fingerprint density at radius 3 is 1.46 bits per heavy atom. The monoisotopic (exact) mass is 463 g/mol. The molecule has 1 N–H and O–H groups in total. The maximum absolute atomic E-state index is 11.1. The van der Waals surface area contributed by atoms with Crippen LogP contribution in [0.5, 0.6) is 0 Å². The Morgan fingerprint density at radius 2 is 1.25 bits per heavy atom. The van der Waals surface area contributed by atoms with E-state index in [0.29, 0.717) is 5.92 Å². The SMILES string of the molecule is CC1=[C-]C(C)C(C)=C1C.[CH2]=[Ti+2].[Cl-].[Cl-].[NH-]C(=O)C1CCCCCCCCCCC1. The van der Waals surface area contributed by atoms with Crippen LogP contribution in [-0.2, 0) is 24.8 Å². The summed E-state index contributed by atoms with van der Waals surface area (Å²) in [6.45, 7) is 8.67. The van der Waals surface area contributed by atoms with Crippen molar-refractivity contribution >= 4 is 10.7 Å². The summed E-state index contributed by atoms with van der Waals surface area (Å²) in [7, 11) is 0. The van der Waals surface area contributed by atoms with Crippen LogP contribution in [0.1, 0.15) is 98.3 Å². The number of hydrogen-bond acceptors (Lipinski definition) is 1. The largest absolute Gasteiger partial charge is 1.00 e. The number of carbonyl (C=O) groups is 1. The standard InChI is InChI=1S/C13H25NO.C9H13.CH2.2ClH.Ti/c14-13(15)12-10-8-6-4-2-1-3-5-7-9-11-12;1-6-5-7(2)9(4)8(6)3;;;;/h12H,1-11H2,(H2,14,15);6H,1-4H3;1H2;2*1H;/q;-1;;;;+2/p-3. The van der Waals surface area contributed by atoms with Crippen molar-refractivity contribution < 1.29 is 49.6 Å². The number of carbonyl (C=O) groups excluding carboxylic acids is 1. The number of hydrogen-bond donors (Lipinski definition) is 0. The second-order valence-corrected chi connectivity index (χ2v) is 7.62. The van der Waals surface area contributed by atoms with E-state index < -0.39 is 0 Å². The molecule has 0 heterocycles. The zero-order chi connectivity index (χ0) is 19.9. The van der Waals surface area contributed by atoms with Crippen molar-refractivity contribution in [1.29, 1.82) is 0 Å². The Morgan fingerprint density at radius 1 is 0.893 bits per heavy atom. The number of rotatable bonds is 1. The predicted octanol–water partition coefficient (Wildman–Crippen LogP) is 1.18. The fourth-order valence-corrected chi connectivity index (χ4v) is 3.59. The van der Waals surface area contributed by atoms with Crippen LogP contribution in [-0.4, -0.2) is 10.7 Å². The molecular weight excluding hydrogens is 425 g/mol. The van der Waals surface area contributed by atoms with Gasteiger partial charge in [0.1, 0.15) is 0 Å². The molecule has 0 saturated heterocycles. The first-order valence-electron chi connectivity index (χ1n) is 10.3. The van der Waals surface area contributed by atoms with Gasteiger partial charge in [0.2, 0.25) is 0 Å². The first kappa shape index (κ1) is 32.8. The van der Waals surface area contributed by atoms with Gasteiger partial charge in [-0.05, 0) is 12.8 Å². The van der Waals surface area contributed by atoms with Gasteiger partial charge in [-0.1, -0.05) is 84.5 Å². The minimum Gasteiger partial charge on any atom is -1.00 e. The van der Waals surface area contributed by atoms with Crippen LogP contribution in [0.15, 0.2) is 16.7 Å². The van der Waals surface area contributed by atoms with Gasteiger partial charge < -0.3 is 35.3 Å². The minimum absolute atomic E-state index is 0. The van der Waals surface area contributed by atoms with Crippen LogP contribution in [0.4, 0.5) is 0 Å². The summed E-state index contributed by atoms with van der Waals surface area (Å²) in [5.74, 6) is 0.279. The third-order valence-corrected chi connectivity index (χ3v) is 5.71. The molecule has 2 aliphatic rings. The van der Waals surface area contributed by atoms with E-state index in [1.54, 1.807) is 20.0 Å². The minimum atomic E-state index is -0.327. The Balaban J connectivity index is -0.000000416. The quantitative estimate of drug-likeness (QED) is 0.425. The maximum atomic E-state index is 11.1. The molecule has 1 unspecified atom stereocenters. The van der Waals surface area contributed by atoms with Crippen molar-refractivity contribution in [3.05, 3.63) is 28.5 Å². The van der Waals surface area contributed by atoms with Crippen LogP contribution in [0.3, 0.4) is 0 Å². The fraction of sp³-hybridized carbons (Fsp3) is 0.739. The van der Waals surface area contributed by atoms with E-state index in [1.807, 2.05) is 0 Å². The predicted molar refractivity (Wildman–Crippen MR) is 111 cm³/mol. The molecule has 0 aromatic heterocycles. The summed E-state index contributed by atoms with van der Waals surface area (Å²) in [6, 6.07) is 0. The molecule has 0 aromatic rings. The second kappa shape index (κ2) is 20.4. The molecule has 0 radical (unpaired) electrons. The second-order valence-electron chi connectivity index (χ2n) is 7.62. The number of allylic oxidation sites excluding steroid dienone is 4. The average Bonchev–Trinajstić information content (AvgIpc) is 2.83. The molecule has 28 heavy (non-hydrogen) atoms. The van der Waals surface area contributed by atoms with Crippen molar-refractivity contribution in [3.8, 4) is 0 Å². The molecular formula is C23H39Cl2NOTi-2. The van der Waals surface area contributed by atoms with Gasteiger partial charge in [0.25, 0.3) is 0 Å². The zero-order valence-corrected chi connectivity index (χ0v) is 21.4. The molecule has 1 fully saturated rings. The van der Waals surface area contributed by atoms with Gasteiger partial charge in [0.15, 0.2) is 0 Å². The molecule has 1 atom stereocenters. The van der Waals surface area contributed by atoms with E-state index >= 15 is 0 Å². The van der Waals surface area contributed by atoms with Crippen LogP contribution in [0, 0.1) is 17.9 Å². The smallest absolute Gasteiger partial charge is 0.0519 e. The molecule has 0 aromatic carbocycles. The fourth-order valence-electron chi connectivity index (χ4n) is 3.59. The van der Waals surface area contributed by atoms with E-state index in [0.717, 1.165) is 25.7 Å². The first-order chi connectivity index (χ1) is 12.4. The Hall–Kier alpha value is 0.114. The maximum Gasteiger partial charge on any atom is 0.0519 e. The van der Waals surface area contributed by atoms with Crippen LogP contribution < -0.4 is 24.8 Å². The van der Waals surface area contributed by atoms with Crippen molar-refractivity contribution in [2.75, 3.05) is 0 Å². The van der Waals surface area contributed by atoms with Crippen molar-refractivity contribution in [2.45, 2.75) is 98.3 Å². The van der Waals surface area contributed by atoms with Gasteiger partial charge >= 0.3 is 24.8 Å². The Kier molecular flexibility index (Phi) is 23.9. The summed E-state index contributed by atoms with van der Waals surface area (Å²) in [4.78, 5) is 14.3. The summed E-state index contributed by atoms with van der Waals surface area (Å²) in [5, 5.41) is 0. The van der Waals surface area contributed by atoms with Crippen molar-refractivity contribution in [2.24, 2.45) is 11.8 Å². The normalized spacial score (nSPS) is 21.1. The molecule has 2 aliphatic carbocycles. The molecule has 1 saturated carbocycles. The molecule has 0 aliphatic heterocycles. The van der Waals surface area contributed by atoms with Crippen LogP contribution in [0.2, 0.25) is 0 Å². The van der Waals surface area contributed by atoms with Gasteiger partial charge in [-0.25, -0.2) is 5.57 Å². The van der Waals surface area contributed by atoms with Gasteiger partial charge in [0.05, 0.1) is 5.91 Å². The number of halogens is 2. The Labute approximate surface area is 198 Å². The number of nitrogens with one attached hydrogen (secondary N) is 1. The molecule has 1 amide bonds. The van der Waals surface area contributed by atoms with Crippen LogP contribution in [0.25, 0.3) is 5.73 Å². The van der Waals surface area contributed by atoms with Gasteiger partial charge in [-0.3, -0.25) is 6.08 Å². The summed E-state index contributed by atoms with van der Waals surface area (Å²) in [6.07, 6.45) is 16.8. The first-order valence-corrected chi connectivity index (χ1v) is 11.4. The van der Waals surface area contributed by atoms with E-state index in [4.69, 9.17) is 5.73 Å². The number of amides is 1. The average molecular weight is 464 g/mol. The van der Waals surface area contributed by atoms with E-state index in [9.17, 15) is 4.79 Å². The van der Waals surface area contributed by atoms with Gasteiger partial charge in [0, 0.05) is 5.92 Å².